The molecule has 0 spiro atoms. The summed E-state index contributed by atoms with van der Waals surface area (Å²) in [7, 11) is 1.68. The number of rotatable bonds is 5. The van der Waals surface area contributed by atoms with E-state index in [9.17, 15) is 0 Å². The molecule has 2 N–H and O–H groups in total. The zero-order valence-electron chi connectivity index (χ0n) is 11.3. The van der Waals surface area contributed by atoms with Gasteiger partial charge in [-0.25, -0.2) is 0 Å². The Hall–Kier alpha value is -1.33. The van der Waals surface area contributed by atoms with Crippen molar-refractivity contribution in [2.75, 3.05) is 43.6 Å². The topological polar surface area (TPSA) is 36.5 Å². The predicted molar refractivity (Wildman–Crippen MR) is 84.0 cm³/mol. The van der Waals surface area contributed by atoms with Crippen LogP contribution in [-0.2, 0) is 4.74 Å². The summed E-state index contributed by atoms with van der Waals surface area (Å²) in [6.45, 7) is 3.71. The Kier molecular flexibility index (Phi) is 5.42. The van der Waals surface area contributed by atoms with Crippen molar-refractivity contribution in [3.63, 3.8) is 0 Å². The maximum Gasteiger partial charge on any atom is 0.170 e. The third kappa shape index (κ3) is 4.36. The van der Waals surface area contributed by atoms with Crippen LogP contribution in [0.1, 0.15) is 12.8 Å². The lowest BCUT2D eigenvalue weighted by Crippen LogP contribution is -2.31. The SMILES string of the molecule is COCCNC(=S)Nc1ccc(N2CCCC2)cc1. The Morgan fingerprint density at radius 3 is 2.58 bits per heavy atom. The van der Waals surface area contributed by atoms with Crippen molar-refractivity contribution in [3.05, 3.63) is 24.3 Å². The second kappa shape index (κ2) is 7.31. The molecule has 1 aliphatic rings. The first-order chi connectivity index (χ1) is 9.29. The average molecular weight is 279 g/mol. The first-order valence-electron chi connectivity index (χ1n) is 6.68. The van der Waals surface area contributed by atoms with Crippen LogP contribution in [0.25, 0.3) is 0 Å². The fourth-order valence-corrected chi connectivity index (χ4v) is 2.39. The Balaban J connectivity index is 1.82. The first-order valence-corrected chi connectivity index (χ1v) is 7.09. The van der Waals surface area contributed by atoms with Gasteiger partial charge in [0.25, 0.3) is 0 Å². The van der Waals surface area contributed by atoms with Gasteiger partial charge < -0.3 is 20.3 Å². The van der Waals surface area contributed by atoms with Crippen molar-refractivity contribution < 1.29 is 4.74 Å². The van der Waals surface area contributed by atoms with Gasteiger partial charge >= 0.3 is 0 Å². The summed E-state index contributed by atoms with van der Waals surface area (Å²) >= 11 is 5.20. The lowest BCUT2D eigenvalue weighted by molar-refractivity contribution is 0.204. The molecule has 0 aliphatic carbocycles. The van der Waals surface area contributed by atoms with Gasteiger partial charge in [-0.05, 0) is 49.3 Å². The molecular formula is C14H21N3OS. The lowest BCUT2D eigenvalue weighted by atomic mass is 10.2. The fourth-order valence-electron chi connectivity index (χ4n) is 2.17. The summed E-state index contributed by atoms with van der Waals surface area (Å²) in [5.74, 6) is 0. The molecule has 0 atom stereocenters. The molecule has 1 aromatic carbocycles. The van der Waals surface area contributed by atoms with Gasteiger partial charge in [0.1, 0.15) is 0 Å². The molecule has 0 radical (unpaired) electrons. The molecule has 5 heteroatoms. The van der Waals surface area contributed by atoms with Gasteiger partial charge in [0, 0.05) is 38.1 Å². The van der Waals surface area contributed by atoms with Crippen LogP contribution in [0.15, 0.2) is 24.3 Å². The van der Waals surface area contributed by atoms with Crippen molar-refractivity contribution >= 4 is 28.7 Å². The van der Waals surface area contributed by atoms with E-state index in [0.29, 0.717) is 18.3 Å². The van der Waals surface area contributed by atoms with Gasteiger partial charge in [0.15, 0.2) is 5.11 Å². The van der Waals surface area contributed by atoms with Crippen LogP contribution in [0, 0.1) is 0 Å². The van der Waals surface area contributed by atoms with E-state index in [1.165, 1.54) is 31.6 Å². The Morgan fingerprint density at radius 1 is 1.26 bits per heavy atom. The normalized spacial score (nSPS) is 14.5. The number of thiocarbonyl (C=S) groups is 1. The molecule has 1 aliphatic heterocycles. The summed E-state index contributed by atoms with van der Waals surface area (Å²) in [6, 6.07) is 8.42. The molecule has 1 aromatic rings. The number of ether oxygens (including phenoxy) is 1. The van der Waals surface area contributed by atoms with Crippen LogP contribution >= 0.6 is 12.2 Å². The van der Waals surface area contributed by atoms with Gasteiger partial charge in [-0.3, -0.25) is 0 Å². The minimum Gasteiger partial charge on any atom is -0.383 e. The number of nitrogens with one attached hydrogen (secondary N) is 2. The van der Waals surface area contributed by atoms with Crippen LogP contribution in [0.3, 0.4) is 0 Å². The molecule has 0 bridgehead atoms. The second-order valence-corrected chi connectivity index (χ2v) is 5.02. The number of methoxy groups -OCH3 is 1. The molecule has 0 unspecified atom stereocenters. The third-order valence-corrected chi connectivity index (χ3v) is 3.43. The zero-order chi connectivity index (χ0) is 13.5. The fraction of sp³-hybridized carbons (Fsp3) is 0.500. The highest BCUT2D eigenvalue weighted by Crippen LogP contribution is 2.21. The maximum atomic E-state index is 5.20. The van der Waals surface area contributed by atoms with Gasteiger partial charge in [0.05, 0.1) is 6.61 Å². The van der Waals surface area contributed by atoms with Gasteiger partial charge in [0.2, 0.25) is 0 Å². The summed E-state index contributed by atoms with van der Waals surface area (Å²) < 4.78 is 4.96. The largest absolute Gasteiger partial charge is 0.383 e. The number of hydrogen-bond acceptors (Lipinski definition) is 3. The van der Waals surface area contributed by atoms with E-state index in [0.717, 1.165) is 5.69 Å². The zero-order valence-corrected chi connectivity index (χ0v) is 12.1. The van der Waals surface area contributed by atoms with E-state index < -0.39 is 0 Å². The van der Waals surface area contributed by atoms with E-state index >= 15 is 0 Å². The highest BCUT2D eigenvalue weighted by molar-refractivity contribution is 7.80. The summed E-state index contributed by atoms with van der Waals surface area (Å²) in [6.07, 6.45) is 2.60. The van der Waals surface area contributed by atoms with Crippen LogP contribution in [0.5, 0.6) is 0 Å². The van der Waals surface area contributed by atoms with E-state index in [1.54, 1.807) is 7.11 Å². The summed E-state index contributed by atoms with van der Waals surface area (Å²) in [4.78, 5) is 2.42. The van der Waals surface area contributed by atoms with Crippen LogP contribution in [-0.4, -0.2) is 38.5 Å². The van der Waals surface area contributed by atoms with E-state index in [1.807, 2.05) is 0 Å². The highest BCUT2D eigenvalue weighted by Gasteiger charge is 2.11. The highest BCUT2D eigenvalue weighted by atomic mass is 32.1. The number of hydrogen-bond donors (Lipinski definition) is 2. The monoisotopic (exact) mass is 279 g/mol. The Morgan fingerprint density at radius 2 is 1.95 bits per heavy atom. The van der Waals surface area contributed by atoms with Crippen molar-refractivity contribution in [2.24, 2.45) is 0 Å². The van der Waals surface area contributed by atoms with Crippen LogP contribution in [0.4, 0.5) is 11.4 Å². The van der Waals surface area contributed by atoms with E-state index in [-0.39, 0.29) is 0 Å². The standard InChI is InChI=1S/C14H21N3OS/c1-18-11-8-15-14(19)16-12-4-6-13(7-5-12)17-9-2-3-10-17/h4-7H,2-3,8-11H2,1H3,(H2,15,16,19). The summed E-state index contributed by atoms with van der Waals surface area (Å²) in [5, 5.41) is 6.88. The molecule has 0 amide bonds. The van der Waals surface area contributed by atoms with Crippen molar-refractivity contribution in [3.8, 4) is 0 Å². The predicted octanol–water partition coefficient (Wildman–Crippen LogP) is 2.22. The van der Waals surface area contributed by atoms with Gasteiger partial charge in [-0.15, -0.1) is 0 Å². The maximum absolute atomic E-state index is 5.20. The summed E-state index contributed by atoms with van der Waals surface area (Å²) in [5.41, 5.74) is 2.30. The van der Waals surface area contributed by atoms with Crippen molar-refractivity contribution in [1.29, 1.82) is 0 Å². The molecule has 104 valence electrons. The minimum atomic E-state index is 0.631. The van der Waals surface area contributed by atoms with Crippen molar-refractivity contribution in [2.45, 2.75) is 12.8 Å². The molecule has 0 aromatic heterocycles. The molecule has 2 rings (SSSR count). The van der Waals surface area contributed by atoms with Gasteiger partial charge in [-0.1, -0.05) is 0 Å². The molecule has 0 saturated carbocycles. The molecule has 4 nitrogen and oxygen atoms in total. The lowest BCUT2D eigenvalue weighted by Gasteiger charge is -2.18. The molecule has 1 fully saturated rings. The van der Waals surface area contributed by atoms with Crippen LogP contribution in [0.2, 0.25) is 0 Å². The smallest absolute Gasteiger partial charge is 0.170 e. The molecular weight excluding hydrogens is 258 g/mol. The number of benzene rings is 1. The Bertz CT molecular complexity index is 402. The first kappa shape index (κ1) is 14.1. The number of anilines is 2. The molecule has 1 heterocycles. The molecule has 19 heavy (non-hydrogen) atoms. The minimum absolute atomic E-state index is 0.631. The third-order valence-electron chi connectivity index (χ3n) is 3.19. The second-order valence-electron chi connectivity index (χ2n) is 4.61. The van der Waals surface area contributed by atoms with Gasteiger partial charge in [-0.2, -0.15) is 0 Å². The molecule has 1 saturated heterocycles. The van der Waals surface area contributed by atoms with E-state index in [2.05, 4.69) is 39.8 Å². The average Bonchev–Trinajstić information content (AvgIpc) is 2.94. The van der Waals surface area contributed by atoms with E-state index in [4.69, 9.17) is 17.0 Å². The van der Waals surface area contributed by atoms with Crippen LogP contribution < -0.4 is 15.5 Å². The Labute approximate surface area is 120 Å². The quantitative estimate of drug-likeness (QED) is 0.638. The van der Waals surface area contributed by atoms with Crippen molar-refractivity contribution in [1.82, 2.24) is 5.32 Å². The number of nitrogens with zero attached hydrogens (tertiary/aromatic N) is 1.